The second-order valence-corrected chi connectivity index (χ2v) is 9.15. The third-order valence-corrected chi connectivity index (χ3v) is 6.70. The molecular weight excluding hydrogens is 384 g/mol. The number of carbonyl (C=O) groups excluding carboxylic acids is 1. The van der Waals surface area contributed by atoms with Crippen LogP contribution in [-0.4, -0.2) is 33.8 Å². The summed E-state index contributed by atoms with van der Waals surface area (Å²) in [5.74, 6) is 0.447. The zero-order valence-corrected chi connectivity index (χ0v) is 17.3. The maximum atomic E-state index is 12.3. The molecule has 0 spiro atoms. The lowest BCUT2D eigenvalue weighted by atomic mass is 10.1. The van der Waals surface area contributed by atoms with Crippen LogP contribution in [0.3, 0.4) is 0 Å². The highest BCUT2D eigenvalue weighted by Crippen LogP contribution is 2.28. The molecule has 1 aromatic carbocycles. The van der Waals surface area contributed by atoms with E-state index in [-0.39, 0.29) is 5.91 Å². The Kier molecular flexibility index (Phi) is 6.29. The Hall–Kier alpha value is -1.90. The fourth-order valence-corrected chi connectivity index (χ4v) is 4.69. The second kappa shape index (κ2) is 8.66. The molecule has 8 heteroatoms. The van der Waals surface area contributed by atoms with E-state index < -0.39 is 0 Å². The zero-order valence-electron chi connectivity index (χ0n) is 14.9. The number of thioether (sulfide) groups is 1. The molecule has 0 unspecified atom stereocenters. The van der Waals surface area contributed by atoms with Crippen molar-refractivity contribution < 1.29 is 4.79 Å². The Balaban J connectivity index is 1.51. The standard InChI is InChI=1S/C18H20N4OS3/c1-12-6-7-14(9-13(12)2)19-17-20-21-18(26-17)25-11-16(23)22(3)10-15-5-4-8-24-15/h4-9H,10-11H2,1-3H3,(H,19,20). The van der Waals surface area contributed by atoms with E-state index in [1.807, 2.05) is 30.6 Å². The summed E-state index contributed by atoms with van der Waals surface area (Å²) in [6, 6.07) is 10.2. The van der Waals surface area contributed by atoms with Crippen molar-refractivity contribution in [3.8, 4) is 0 Å². The molecule has 0 aliphatic carbocycles. The Labute approximate surface area is 165 Å². The molecule has 26 heavy (non-hydrogen) atoms. The highest BCUT2D eigenvalue weighted by atomic mass is 32.2. The van der Waals surface area contributed by atoms with E-state index >= 15 is 0 Å². The van der Waals surface area contributed by atoms with Crippen molar-refractivity contribution in [1.82, 2.24) is 15.1 Å². The summed E-state index contributed by atoms with van der Waals surface area (Å²) >= 11 is 4.54. The number of nitrogens with one attached hydrogen (secondary N) is 1. The first-order chi connectivity index (χ1) is 12.5. The van der Waals surface area contributed by atoms with Gasteiger partial charge in [-0.3, -0.25) is 4.79 Å². The van der Waals surface area contributed by atoms with Crippen molar-refractivity contribution in [3.05, 3.63) is 51.7 Å². The highest BCUT2D eigenvalue weighted by molar-refractivity contribution is 8.01. The SMILES string of the molecule is Cc1ccc(Nc2nnc(SCC(=O)N(C)Cc3cccs3)s2)cc1C. The lowest BCUT2D eigenvalue weighted by molar-refractivity contribution is -0.127. The number of thiophene rings is 1. The summed E-state index contributed by atoms with van der Waals surface area (Å²) in [6.45, 7) is 4.82. The summed E-state index contributed by atoms with van der Waals surface area (Å²) in [5, 5.41) is 14.3. The third kappa shape index (κ3) is 5.06. The molecule has 0 aliphatic heterocycles. The van der Waals surface area contributed by atoms with Gasteiger partial charge in [-0.1, -0.05) is 35.2 Å². The van der Waals surface area contributed by atoms with E-state index in [0.29, 0.717) is 12.3 Å². The van der Waals surface area contributed by atoms with Gasteiger partial charge in [0.25, 0.3) is 0 Å². The van der Waals surface area contributed by atoms with Crippen LogP contribution in [0.4, 0.5) is 10.8 Å². The summed E-state index contributed by atoms with van der Waals surface area (Å²) in [7, 11) is 1.83. The zero-order chi connectivity index (χ0) is 18.5. The van der Waals surface area contributed by atoms with Gasteiger partial charge in [0.05, 0.1) is 12.3 Å². The second-order valence-electron chi connectivity index (χ2n) is 5.91. The largest absolute Gasteiger partial charge is 0.340 e. The normalized spacial score (nSPS) is 10.7. The first-order valence-corrected chi connectivity index (χ1v) is 10.8. The van der Waals surface area contributed by atoms with Crippen LogP contribution in [-0.2, 0) is 11.3 Å². The minimum atomic E-state index is 0.0854. The Bertz CT molecular complexity index is 876. The van der Waals surface area contributed by atoms with Crippen LogP contribution in [0.1, 0.15) is 16.0 Å². The van der Waals surface area contributed by atoms with E-state index in [1.165, 1.54) is 39.1 Å². The van der Waals surface area contributed by atoms with Gasteiger partial charge >= 0.3 is 0 Å². The number of hydrogen-bond donors (Lipinski definition) is 1. The van der Waals surface area contributed by atoms with Gasteiger partial charge in [-0.25, -0.2) is 0 Å². The number of hydrogen-bond acceptors (Lipinski definition) is 7. The summed E-state index contributed by atoms with van der Waals surface area (Å²) in [5.41, 5.74) is 3.48. The van der Waals surface area contributed by atoms with Crippen molar-refractivity contribution >= 4 is 51.2 Å². The van der Waals surface area contributed by atoms with E-state index in [9.17, 15) is 4.79 Å². The summed E-state index contributed by atoms with van der Waals surface area (Å²) < 4.78 is 0.786. The average molecular weight is 405 g/mol. The molecule has 0 saturated carbocycles. The van der Waals surface area contributed by atoms with Crippen molar-refractivity contribution in [2.75, 3.05) is 18.1 Å². The predicted molar refractivity (Wildman–Crippen MR) is 111 cm³/mol. The number of amides is 1. The number of aromatic nitrogens is 2. The van der Waals surface area contributed by atoms with Crippen molar-refractivity contribution in [3.63, 3.8) is 0 Å². The minimum absolute atomic E-state index is 0.0854. The van der Waals surface area contributed by atoms with Crippen molar-refractivity contribution in [1.29, 1.82) is 0 Å². The molecule has 5 nitrogen and oxygen atoms in total. The molecule has 0 atom stereocenters. The molecule has 3 rings (SSSR count). The number of nitrogens with zero attached hydrogens (tertiary/aromatic N) is 3. The predicted octanol–water partition coefficient (Wildman–Crippen LogP) is 4.71. The van der Waals surface area contributed by atoms with Crippen LogP contribution in [0.5, 0.6) is 0 Å². The van der Waals surface area contributed by atoms with Crippen LogP contribution >= 0.6 is 34.4 Å². The molecule has 2 aromatic heterocycles. The monoisotopic (exact) mass is 404 g/mol. The van der Waals surface area contributed by atoms with Gasteiger partial charge in [0, 0.05) is 17.6 Å². The first kappa shape index (κ1) is 18.9. The quantitative estimate of drug-likeness (QED) is 0.578. The highest BCUT2D eigenvalue weighted by Gasteiger charge is 2.13. The van der Waals surface area contributed by atoms with Crippen LogP contribution in [0.25, 0.3) is 0 Å². The number of benzene rings is 1. The van der Waals surface area contributed by atoms with E-state index in [0.717, 1.165) is 15.2 Å². The fraction of sp³-hybridized carbons (Fsp3) is 0.278. The molecule has 1 N–H and O–H groups in total. The molecule has 136 valence electrons. The van der Waals surface area contributed by atoms with Gasteiger partial charge in [-0.2, -0.15) is 0 Å². The first-order valence-electron chi connectivity index (χ1n) is 8.08. The van der Waals surface area contributed by atoms with Crippen LogP contribution < -0.4 is 5.32 Å². The number of rotatable bonds is 7. The lowest BCUT2D eigenvalue weighted by Gasteiger charge is -2.15. The van der Waals surface area contributed by atoms with Gasteiger partial charge in [-0.15, -0.1) is 21.5 Å². The van der Waals surface area contributed by atoms with Crippen molar-refractivity contribution in [2.45, 2.75) is 24.7 Å². The van der Waals surface area contributed by atoms with Crippen LogP contribution in [0, 0.1) is 13.8 Å². The molecule has 3 aromatic rings. The fourth-order valence-electron chi connectivity index (χ4n) is 2.22. The maximum Gasteiger partial charge on any atom is 0.233 e. The molecule has 0 radical (unpaired) electrons. The van der Waals surface area contributed by atoms with Crippen LogP contribution in [0.2, 0.25) is 0 Å². The average Bonchev–Trinajstić information content (AvgIpc) is 3.28. The Morgan fingerprint density at radius 2 is 2.08 bits per heavy atom. The van der Waals surface area contributed by atoms with E-state index in [2.05, 4.69) is 41.5 Å². The van der Waals surface area contributed by atoms with Crippen molar-refractivity contribution in [2.24, 2.45) is 0 Å². The van der Waals surface area contributed by atoms with Gasteiger partial charge in [0.2, 0.25) is 11.0 Å². The lowest BCUT2D eigenvalue weighted by Crippen LogP contribution is -2.27. The number of aryl methyl sites for hydroxylation is 2. The van der Waals surface area contributed by atoms with Gasteiger partial charge in [0.1, 0.15) is 0 Å². The van der Waals surface area contributed by atoms with Gasteiger partial charge in [-0.05, 0) is 48.6 Å². The van der Waals surface area contributed by atoms with Gasteiger partial charge < -0.3 is 10.2 Å². The molecule has 1 amide bonds. The third-order valence-electron chi connectivity index (χ3n) is 3.88. The molecule has 0 fully saturated rings. The van der Waals surface area contributed by atoms with Gasteiger partial charge in [0.15, 0.2) is 4.34 Å². The molecule has 2 heterocycles. The minimum Gasteiger partial charge on any atom is -0.340 e. The van der Waals surface area contributed by atoms with E-state index in [4.69, 9.17) is 0 Å². The molecule has 0 saturated heterocycles. The summed E-state index contributed by atoms with van der Waals surface area (Å²) in [4.78, 5) is 15.2. The van der Waals surface area contributed by atoms with E-state index in [1.54, 1.807) is 16.2 Å². The number of anilines is 2. The van der Waals surface area contributed by atoms with Crippen LogP contribution in [0.15, 0.2) is 40.1 Å². The Morgan fingerprint density at radius 1 is 1.23 bits per heavy atom. The smallest absolute Gasteiger partial charge is 0.233 e. The summed E-state index contributed by atoms with van der Waals surface area (Å²) in [6.07, 6.45) is 0. The molecular formula is C18H20N4OS3. The maximum absolute atomic E-state index is 12.3. The topological polar surface area (TPSA) is 58.1 Å². The Morgan fingerprint density at radius 3 is 2.81 bits per heavy atom. The molecule has 0 bridgehead atoms. The number of carbonyl (C=O) groups is 1. The molecule has 0 aliphatic rings.